The van der Waals surface area contributed by atoms with Gasteiger partial charge < -0.3 is 10.2 Å². The van der Waals surface area contributed by atoms with E-state index < -0.39 is 17.9 Å². The highest BCUT2D eigenvalue weighted by molar-refractivity contribution is 5.72. The van der Waals surface area contributed by atoms with Crippen molar-refractivity contribution < 1.29 is 19.8 Å². The molecule has 0 aliphatic carbocycles. The van der Waals surface area contributed by atoms with Gasteiger partial charge >= 0.3 is 11.9 Å². The fourth-order valence-corrected chi connectivity index (χ4v) is 3.98. The summed E-state index contributed by atoms with van der Waals surface area (Å²) in [4.78, 5) is 21.7. The minimum atomic E-state index is -0.908. The smallest absolute Gasteiger partial charge is 0.306 e. The topological polar surface area (TPSA) is 74.6 Å². The Morgan fingerprint density at radius 3 is 1.21 bits per heavy atom. The van der Waals surface area contributed by atoms with E-state index >= 15 is 0 Å². The normalized spacial score (nSPS) is 12.2. The van der Waals surface area contributed by atoms with Crippen LogP contribution in [0.4, 0.5) is 0 Å². The fraction of sp³-hybridized carbons (Fsp3) is 0.920. The van der Waals surface area contributed by atoms with Gasteiger partial charge in [0.25, 0.3) is 0 Å². The van der Waals surface area contributed by atoms with E-state index in [1.165, 1.54) is 103 Å². The molecule has 0 aromatic heterocycles. The summed E-state index contributed by atoms with van der Waals surface area (Å²) in [6.45, 7) is 2.27. The number of hydrogen-bond acceptors (Lipinski definition) is 2. The average molecular weight is 413 g/mol. The predicted molar refractivity (Wildman–Crippen MR) is 121 cm³/mol. The highest BCUT2D eigenvalue weighted by Crippen LogP contribution is 2.18. The molecule has 0 aromatic carbocycles. The molecule has 0 aliphatic rings. The Hall–Kier alpha value is -1.06. The highest BCUT2D eigenvalue weighted by Gasteiger charge is 2.17. The lowest BCUT2D eigenvalue weighted by Crippen LogP contribution is -2.15. The van der Waals surface area contributed by atoms with Gasteiger partial charge in [0.15, 0.2) is 0 Å². The molecule has 1 unspecified atom stereocenters. The van der Waals surface area contributed by atoms with Crippen LogP contribution in [0.5, 0.6) is 0 Å². The lowest BCUT2D eigenvalue weighted by Gasteiger charge is -2.10. The number of aliphatic carboxylic acids is 2. The van der Waals surface area contributed by atoms with Crippen molar-refractivity contribution in [2.24, 2.45) is 5.92 Å². The summed E-state index contributed by atoms with van der Waals surface area (Å²) in [5, 5.41) is 17.8. The van der Waals surface area contributed by atoms with E-state index in [0.29, 0.717) is 6.42 Å². The Labute approximate surface area is 179 Å². The molecule has 0 saturated heterocycles. The van der Waals surface area contributed by atoms with Crippen molar-refractivity contribution >= 4 is 11.9 Å². The SMILES string of the molecule is CCCCCCCCCCCCCCCCCCCCC(CCC(=O)O)C(=O)O. The van der Waals surface area contributed by atoms with E-state index in [-0.39, 0.29) is 12.8 Å². The van der Waals surface area contributed by atoms with Gasteiger partial charge in [-0.15, -0.1) is 0 Å². The zero-order chi connectivity index (χ0) is 21.6. The Kier molecular flexibility index (Phi) is 20.9. The quantitative estimate of drug-likeness (QED) is 0.167. The Bertz CT molecular complexity index is 381. The first-order chi connectivity index (χ1) is 14.1. The molecule has 0 amide bonds. The summed E-state index contributed by atoms with van der Waals surface area (Å²) < 4.78 is 0. The molecule has 1 atom stereocenters. The number of carboxylic acid groups (broad SMARTS) is 2. The first-order valence-electron chi connectivity index (χ1n) is 12.5. The molecule has 29 heavy (non-hydrogen) atoms. The summed E-state index contributed by atoms with van der Waals surface area (Å²) in [6, 6.07) is 0. The molecule has 0 radical (unpaired) electrons. The van der Waals surface area contributed by atoms with E-state index in [0.717, 1.165) is 12.8 Å². The van der Waals surface area contributed by atoms with Gasteiger partial charge in [-0.05, 0) is 12.8 Å². The van der Waals surface area contributed by atoms with Gasteiger partial charge in [-0.2, -0.15) is 0 Å². The molecule has 0 saturated carbocycles. The molecule has 0 rings (SSSR count). The second-order valence-electron chi connectivity index (χ2n) is 8.77. The average Bonchev–Trinajstić information content (AvgIpc) is 2.68. The third kappa shape index (κ3) is 21.5. The molecule has 0 aliphatic heterocycles. The van der Waals surface area contributed by atoms with Crippen LogP contribution in [0, 0.1) is 5.92 Å². The Morgan fingerprint density at radius 1 is 0.552 bits per heavy atom. The first kappa shape index (κ1) is 27.9. The van der Waals surface area contributed by atoms with Crippen molar-refractivity contribution in [2.45, 2.75) is 142 Å². The number of hydrogen-bond donors (Lipinski definition) is 2. The van der Waals surface area contributed by atoms with Gasteiger partial charge in [-0.25, -0.2) is 0 Å². The maximum absolute atomic E-state index is 11.1. The van der Waals surface area contributed by atoms with Gasteiger partial charge in [0, 0.05) is 6.42 Å². The lowest BCUT2D eigenvalue weighted by molar-refractivity contribution is -0.143. The van der Waals surface area contributed by atoms with Crippen LogP contribution in [-0.4, -0.2) is 22.2 Å². The summed E-state index contributed by atoms with van der Waals surface area (Å²) in [5.41, 5.74) is 0. The standard InChI is InChI=1S/C25H48O4/c1-2-3-4-5-6-7-8-9-10-11-12-13-14-15-16-17-18-19-20-23(25(28)29)21-22-24(26)27/h23H,2-22H2,1H3,(H,26,27)(H,28,29). The maximum atomic E-state index is 11.1. The molecule has 4 heteroatoms. The van der Waals surface area contributed by atoms with Crippen LogP contribution in [0.1, 0.15) is 142 Å². The zero-order valence-corrected chi connectivity index (χ0v) is 19.1. The maximum Gasteiger partial charge on any atom is 0.306 e. The second-order valence-corrected chi connectivity index (χ2v) is 8.77. The largest absolute Gasteiger partial charge is 0.481 e. The highest BCUT2D eigenvalue weighted by atomic mass is 16.4. The summed E-state index contributed by atoms with van der Waals surface area (Å²) >= 11 is 0. The van der Waals surface area contributed by atoms with E-state index in [4.69, 9.17) is 10.2 Å². The fourth-order valence-electron chi connectivity index (χ4n) is 3.98. The monoisotopic (exact) mass is 412 g/mol. The zero-order valence-electron chi connectivity index (χ0n) is 19.1. The van der Waals surface area contributed by atoms with Crippen LogP contribution in [0.25, 0.3) is 0 Å². The van der Waals surface area contributed by atoms with Gasteiger partial charge in [0.2, 0.25) is 0 Å². The molecule has 172 valence electrons. The molecule has 0 heterocycles. The van der Waals surface area contributed by atoms with Gasteiger partial charge in [0.05, 0.1) is 5.92 Å². The third-order valence-corrected chi connectivity index (χ3v) is 5.96. The van der Waals surface area contributed by atoms with Gasteiger partial charge in [0.1, 0.15) is 0 Å². The number of carboxylic acids is 2. The Balaban J connectivity index is 3.27. The van der Waals surface area contributed by atoms with Crippen molar-refractivity contribution in [1.29, 1.82) is 0 Å². The van der Waals surface area contributed by atoms with Crippen molar-refractivity contribution in [2.75, 3.05) is 0 Å². The van der Waals surface area contributed by atoms with Crippen LogP contribution >= 0.6 is 0 Å². The summed E-state index contributed by atoms with van der Waals surface area (Å²) in [6.07, 6.45) is 24.6. The third-order valence-electron chi connectivity index (χ3n) is 5.96. The number of unbranched alkanes of at least 4 members (excludes halogenated alkanes) is 17. The summed E-state index contributed by atoms with van der Waals surface area (Å²) in [5.74, 6) is -2.25. The van der Waals surface area contributed by atoms with Gasteiger partial charge in [-0.1, -0.05) is 122 Å². The van der Waals surface area contributed by atoms with Crippen LogP contribution in [0.3, 0.4) is 0 Å². The molecular formula is C25H48O4. The van der Waals surface area contributed by atoms with Crippen molar-refractivity contribution in [3.8, 4) is 0 Å². The second kappa shape index (κ2) is 21.6. The number of carbonyl (C=O) groups is 2. The number of rotatable bonds is 23. The van der Waals surface area contributed by atoms with Crippen LogP contribution in [0.15, 0.2) is 0 Å². The minimum absolute atomic E-state index is 0.0456. The van der Waals surface area contributed by atoms with E-state index in [9.17, 15) is 9.59 Å². The molecular weight excluding hydrogens is 364 g/mol. The van der Waals surface area contributed by atoms with Crippen LogP contribution in [0.2, 0.25) is 0 Å². The molecule has 0 fully saturated rings. The van der Waals surface area contributed by atoms with Crippen LogP contribution < -0.4 is 0 Å². The van der Waals surface area contributed by atoms with E-state index in [1.807, 2.05) is 0 Å². The molecule has 4 nitrogen and oxygen atoms in total. The Morgan fingerprint density at radius 2 is 0.897 bits per heavy atom. The molecule has 0 spiro atoms. The van der Waals surface area contributed by atoms with Crippen molar-refractivity contribution in [3.63, 3.8) is 0 Å². The van der Waals surface area contributed by atoms with Crippen molar-refractivity contribution in [3.05, 3.63) is 0 Å². The van der Waals surface area contributed by atoms with Gasteiger partial charge in [-0.3, -0.25) is 9.59 Å². The van der Waals surface area contributed by atoms with E-state index in [1.54, 1.807) is 0 Å². The summed E-state index contributed by atoms with van der Waals surface area (Å²) in [7, 11) is 0. The lowest BCUT2D eigenvalue weighted by atomic mass is 9.95. The van der Waals surface area contributed by atoms with E-state index in [2.05, 4.69) is 6.92 Å². The molecule has 0 aromatic rings. The predicted octanol–water partition coefficient (Wildman–Crippen LogP) is 7.98. The molecule has 0 bridgehead atoms. The minimum Gasteiger partial charge on any atom is -0.481 e. The first-order valence-corrected chi connectivity index (χ1v) is 12.5. The van der Waals surface area contributed by atoms with Crippen LogP contribution in [-0.2, 0) is 9.59 Å². The van der Waals surface area contributed by atoms with Crippen molar-refractivity contribution in [1.82, 2.24) is 0 Å². The molecule has 2 N–H and O–H groups in total.